The average Bonchev–Trinajstić information content (AvgIpc) is 3.41. The van der Waals surface area contributed by atoms with Crippen molar-refractivity contribution in [3.8, 4) is 22.0 Å². The minimum absolute atomic E-state index is 0.00596. The Morgan fingerprint density at radius 3 is 2.64 bits per heavy atom. The molecule has 1 aliphatic heterocycles. The molecule has 0 radical (unpaired) electrons. The van der Waals surface area contributed by atoms with Crippen molar-refractivity contribution in [2.45, 2.75) is 0 Å². The molecular weight excluding hydrogens is 368 g/mol. The number of hydrogen-bond acceptors (Lipinski definition) is 4. The topological polar surface area (TPSA) is 44.1 Å². The minimum Gasteiger partial charge on any atom is -0.488 e. The second-order valence-electron chi connectivity index (χ2n) is 6.47. The van der Waals surface area contributed by atoms with Crippen molar-refractivity contribution < 1.29 is 9.53 Å². The maximum Gasteiger partial charge on any atom is 0.196 e. The first-order valence-corrected chi connectivity index (χ1v) is 9.83. The molecule has 4 nitrogen and oxygen atoms in total. The van der Waals surface area contributed by atoms with Crippen molar-refractivity contribution in [1.29, 1.82) is 0 Å². The quantitative estimate of drug-likeness (QED) is 0.453. The summed E-state index contributed by atoms with van der Waals surface area (Å²) in [4.78, 5) is 14.0. The van der Waals surface area contributed by atoms with Crippen LogP contribution in [0.2, 0.25) is 0 Å². The molecule has 5 heteroatoms. The van der Waals surface area contributed by atoms with Gasteiger partial charge in [-0.3, -0.25) is 4.79 Å². The van der Waals surface area contributed by atoms with Crippen molar-refractivity contribution in [1.82, 2.24) is 9.78 Å². The van der Waals surface area contributed by atoms with Gasteiger partial charge in [-0.2, -0.15) is 5.10 Å². The Balaban J connectivity index is 1.61. The lowest BCUT2D eigenvalue weighted by Gasteiger charge is -2.18. The summed E-state index contributed by atoms with van der Waals surface area (Å²) in [7, 11) is 0. The van der Waals surface area contributed by atoms with Gasteiger partial charge in [-0.05, 0) is 41.8 Å². The number of para-hydroxylation sites is 2. The number of benzene rings is 2. The van der Waals surface area contributed by atoms with E-state index in [1.807, 2.05) is 83.0 Å². The molecule has 2 aromatic heterocycles. The highest BCUT2D eigenvalue weighted by atomic mass is 32.1. The highest BCUT2D eigenvalue weighted by Crippen LogP contribution is 2.32. The van der Waals surface area contributed by atoms with Crippen LogP contribution < -0.4 is 4.74 Å². The van der Waals surface area contributed by atoms with E-state index >= 15 is 0 Å². The molecule has 0 saturated carbocycles. The third-order valence-corrected chi connectivity index (χ3v) is 5.53. The minimum atomic E-state index is 0.00596. The third-order valence-electron chi connectivity index (χ3n) is 4.65. The summed E-state index contributed by atoms with van der Waals surface area (Å²) in [6.07, 6.45) is 3.87. The lowest BCUT2D eigenvalue weighted by molar-refractivity contribution is 0.100. The van der Waals surface area contributed by atoms with E-state index in [0.29, 0.717) is 16.9 Å². The maximum absolute atomic E-state index is 12.9. The van der Waals surface area contributed by atoms with Crippen LogP contribution in [0.5, 0.6) is 5.75 Å². The molecule has 28 heavy (non-hydrogen) atoms. The molecule has 1 aliphatic rings. The second-order valence-corrected chi connectivity index (χ2v) is 7.42. The number of carbonyl (C=O) groups excluding carboxylic acids is 1. The second kappa shape index (κ2) is 6.94. The Bertz CT molecular complexity index is 1170. The van der Waals surface area contributed by atoms with Gasteiger partial charge in [0.05, 0.1) is 16.1 Å². The van der Waals surface area contributed by atoms with E-state index < -0.39 is 0 Å². The Morgan fingerprint density at radius 2 is 1.82 bits per heavy atom. The van der Waals surface area contributed by atoms with Crippen LogP contribution in [0, 0.1) is 0 Å². The fourth-order valence-electron chi connectivity index (χ4n) is 3.28. The predicted molar refractivity (Wildman–Crippen MR) is 111 cm³/mol. The summed E-state index contributed by atoms with van der Waals surface area (Å²) in [6, 6.07) is 21.4. The van der Waals surface area contributed by atoms with Gasteiger partial charge in [-0.1, -0.05) is 36.4 Å². The van der Waals surface area contributed by atoms with Crippen molar-refractivity contribution in [2.75, 3.05) is 6.61 Å². The molecule has 0 N–H and O–H groups in total. The van der Waals surface area contributed by atoms with Gasteiger partial charge in [0, 0.05) is 17.3 Å². The number of thiophene rings is 1. The van der Waals surface area contributed by atoms with Gasteiger partial charge >= 0.3 is 0 Å². The number of Topliss-reactive ketones (excluding diaryl/α,β-unsaturated/α-hetero) is 1. The Morgan fingerprint density at radius 1 is 1.00 bits per heavy atom. The van der Waals surface area contributed by atoms with Crippen LogP contribution in [0.25, 0.3) is 22.3 Å². The van der Waals surface area contributed by atoms with Gasteiger partial charge in [0.25, 0.3) is 0 Å². The number of fused-ring (bicyclic) bond motifs is 1. The molecule has 0 aliphatic carbocycles. The number of hydrogen-bond donors (Lipinski definition) is 0. The molecule has 4 aromatic rings. The number of ether oxygens (including phenoxy) is 1. The standard InChI is InChI=1S/C23H16N2O2S/c26-23-17(15-27-20-10-5-4-9-19(20)23)13-16-14-25(18-7-2-1-3-8-18)24-22(16)21-11-6-12-28-21/h1-14H,15H2. The molecule has 0 unspecified atom stereocenters. The molecule has 0 bridgehead atoms. The lowest BCUT2D eigenvalue weighted by Crippen LogP contribution is -2.18. The fraction of sp³-hybridized carbons (Fsp3) is 0.0435. The predicted octanol–water partition coefficient (Wildman–Crippen LogP) is 5.26. The number of carbonyl (C=O) groups is 1. The Kier molecular flexibility index (Phi) is 4.14. The normalized spacial score (nSPS) is 14.7. The van der Waals surface area contributed by atoms with E-state index in [2.05, 4.69) is 0 Å². The van der Waals surface area contributed by atoms with Crippen molar-refractivity contribution in [3.63, 3.8) is 0 Å². The van der Waals surface area contributed by atoms with Crippen LogP contribution in [-0.2, 0) is 0 Å². The van der Waals surface area contributed by atoms with E-state index in [4.69, 9.17) is 9.84 Å². The largest absolute Gasteiger partial charge is 0.488 e. The maximum atomic E-state index is 12.9. The molecule has 0 saturated heterocycles. The van der Waals surface area contributed by atoms with Gasteiger partial charge < -0.3 is 4.74 Å². The van der Waals surface area contributed by atoms with Crippen LogP contribution >= 0.6 is 11.3 Å². The van der Waals surface area contributed by atoms with Crippen LogP contribution in [0.15, 0.2) is 83.9 Å². The molecule has 136 valence electrons. The summed E-state index contributed by atoms with van der Waals surface area (Å²) >= 11 is 1.63. The molecule has 0 atom stereocenters. The molecule has 5 rings (SSSR count). The zero-order valence-corrected chi connectivity index (χ0v) is 15.7. The number of ketones is 1. The van der Waals surface area contributed by atoms with Crippen molar-refractivity contribution in [2.24, 2.45) is 0 Å². The van der Waals surface area contributed by atoms with Gasteiger partial charge in [-0.15, -0.1) is 11.3 Å². The first-order valence-electron chi connectivity index (χ1n) is 8.96. The highest BCUT2D eigenvalue weighted by Gasteiger charge is 2.24. The van der Waals surface area contributed by atoms with Crippen LogP contribution in [0.1, 0.15) is 15.9 Å². The SMILES string of the molecule is O=C1C(=Cc2cn(-c3ccccc3)nc2-c2cccs2)COc2ccccc21. The highest BCUT2D eigenvalue weighted by molar-refractivity contribution is 7.13. The summed E-state index contributed by atoms with van der Waals surface area (Å²) in [5.41, 5.74) is 3.97. The monoisotopic (exact) mass is 384 g/mol. The zero-order chi connectivity index (χ0) is 18.9. The number of rotatable bonds is 3. The van der Waals surface area contributed by atoms with Crippen LogP contribution in [-0.4, -0.2) is 22.2 Å². The lowest BCUT2D eigenvalue weighted by atomic mass is 9.98. The Labute approximate surface area is 166 Å². The van der Waals surface area contributed by atoms with E-state index in [0.717, 1.165) is 21.8 Å². The first kappa shape index (κ1) is 16.7. The van der Waals surface area contributed by atoms with Crippen LogP contribution in [0.3, 0.4) is 0 Å². The van der Waals surface area contributed by atoms with E-state index in [1.165, 1.54) is 0 Å². The van der Waals surface area contributed by atoms with E-state index in [-0.39, 0.29) is 12.4 Å². The summed E-state index contributed by atoms with van der Waals surface area (Å²) in [6.45, 7) is 0.260. The summed E-state index contributed by atoms with van der Waals surface area (Å²) < 4.78 is 7.64. The van der Waals surface area contributed by atoms with Crippen molar-refractivity contribution in [3.05, 3.63) is 95.0 Å². The van der Waals surface area contributed by atoms with Crippen LogP contribution in [0.4, 0.5) is 0 Å². The van der Waals surface area contributed by atoms with E-state index in [1.54, 1.807) is 17.4 Å². The van der Waals surface area contributed by atoms with Crippen molar-refractivity contribution >= 4 is 23.2 Å². The molecule has 3 heterocycles. The molecule has 0 spiro atoms. The molecule has 2 aromatic carbocycles. The molecule has 0 amide bonds. The number of aromatic nitrogens is 2. The van der Waals surface area contributed by atoms with Gasteiger partial charge in [-0.25, -0.2) is 4.68 Å². The third kappa shape index (κ3) is 2.96. The fourth-order valence-corrected chi connectivity index (χ4v) is 4.01. The van der Waals surface area contributed by atoms with E-state index in [9.17, 15) is 4.79 Å². The van der Waals surface area contributed by atoms with Gasteiger partial charge in [0.1, 0.15) is 18.1 Å². The summed E-state index contributed by atoms with van der Waals surface area (Å²) in [5, 5.41) is 6.81. The van der Waals surface area contributed by atoms with Gasteiger partial charge in [0.15, 0.2) is 5.78 Å². The molecule has 0 fully saturated rings. The Hall–Kier alpha value is -3.44. The summed E-state index contributed by atoms with van der Waals surface area (Å²) in [5.74, 6) is 0.648. The van der Waals surface area contributed by atoms with Gasteiger partial charge in [0.2, 0.25) is 0 Å². The number of nitrogens with zero attached hydrogens (tertiary/aromatic N) is 2. The average molecular weight is 384 g/mol. The molecular formula is C23H16N2O2S. The first-order chi connectivity index (χ1) is 13.8. The smallest absolute Gasteiger partial charge is 0.196 e. The zero-order valence-electron chi connectivity index (χ0n) is 14.9.